The predicted molar refractivity (Wildman–Crippen MR) is 67.0 cm³/mol. The maximum absolute atomic E-state index is 5.97. The van der Waals surface area contributed by atoms with E-state index in [1.54, 1.807) is 0 Å². The fourth-order valence-corrected chi connectivity index (χ4v) is 3.21. The van der Waals surface area contributed by atoms with E-state index in [0.717, 1.165) is 18.9 Å². The molecule has 2 heterocycles. The van der Waals surface area contributed by atoms with E-state index in [-0.39, 0.29) is 11.6 Å². The monoisotopic (exact) mass is 221 g/mol. The van der Waals surface area contributed by atoms with Gasteiger partial charge in [-0.2, -0.15) is 0 Å². The van der Waals surface area contributed by atoms with Gasteiger partial charge in [-0.1, -0.05) is 5.92 Å². The number of rotatable bonds is 3. The van der Waals surface area contributed by atoms with Gasteiger partial charge >= 0.3 is 0 Å². The Morgan fingerprint density at radius 2 is 2.44 bits per heavy atom. The topological polar surface area (TPSA) is 41.3 Å². The van der Waals surface area contributed by atoms with Gasteiger partial charge in [0.2, 0.25) is 0 Å². The zero-order chi connectivity index (χ0) is 11.6. The van der Waals surface area contributed by atoms with Crippen molar-refractivity contribution in [2.24, 2.45) is 5.73 Å². The highest BCUT2D eigenvalue weighted by atomic mass is 15.2. The van der Waals surface area contributed by atoms with Crippen molar-refractivity contribution in [3.63, 3.8) is 0 Å². The van der Waals surface area contributed by atoms with Crippen LogP contribution in [0.3, 0.4) is 0 Å². The van der Waals surface area contributed by atoms with Gasteiger partial charge in [0.25, 0.3) is 0 Å². The molecule has 3 heteroatoms. The lowest BCUT2D eigenvalue weighted by molar-refractivity contribution is 0.108. The molecule has 0 aromatic carbocycles. The van der Waals surface area contributed by atoms with Gasteiger partial charge in [-0.3, -0.25) is 5.32 Å². The van der Waals surface area contributed by atoms with E-state index >= 15 is 0 Å². The average molecular weight is 221 g/mol. The number of nitrogens with one attached hydrogen (secondary N) is 1. The highest BCUT2D eigenvalue weighted by Gasteiger charge is 2.40. The highest BCUT2D eigenvalue weighted by molar-refractivity contribution is 5.06. The quantitative estimate of drug-likeness (QED) is 0.684. The van der Waals surface area contributed by atoms with Crippen LogP contribution in [-0.2, 0) is 0 Å². The molecule has 2 saturated heterocycles. The summed E-state index contributed by atoms with van der Waals surface area (Å²) in [5.74, 6) is 2.75. The van der Waals surface area contributed by atoms with Gasteiger partial charge < -0.3 is 10.6 Å². The molecule has 90 valence electrons. The summed E-state index contributed by atoms with van der Waals surface area (Å²) >= 11 is 0. The Hall–Kier alpha value is -0.560. The van der Waals surface area contributed by atoms with Gasteiger partial charge in [-0.05, 0) is 39.2 Å². The third-order valence-electron chi connectivity index (χ3n) is 4.17. The summed E-state index contributed by atoms with van der Waals surface area (Å²) in [6, 6.07) is 0.853. The second-order valence-electron chi connectivity index (χ2n) is 5.30. The molecule has 0 aromatic heterocycles. The van der Waals surface area contributed by atoms with Gasteiger partial charge in [0.1, 0.15) is 0 Å². The Morgan fingerprint density at radius 1 is 1.62 bits per heavy atom. The molecule has 0 radical (unpaired) electrons. The zero-order valence-electron chi connectivity index (χ0n) is 10.2. The van der Waals surface area contributed by atoms with Crippen LogP contribution in [0, 0.1) is 12.3 Å². The average Bonchev–Trinajstić information content (AvgIpc) is 2.75. The van der Waals surface area contributed by atoms with Crippen molar-refractivity contribution in [2.75, 3.05) is 19.6 Å². The summed E-state index contributed by atoms with van der Waals surface area (Å²) in [5, 5.41) is 3.56. The summed E-state index contributed by atoms with van der Waals surface area (Å²) in [6.45, 7) is 5.18. The first-order chi connectivity index (χ1) is 7.69. The van der Waals surface area contributed by atoms with E-state index in [9.17, 15) is 0 Å². The molecule has 3 N–H and O–H groups in total. The molecule has 0 bridgehead atoms. The summed E-state index contributed by atoms with van der Waals surface area (Å²) < 4.78 is 0. The van der Waals surface area contributed by atoms with Crippen LogP contribution in [0.2, 0.25) is 0 Å². The molecule has 2 aliphatic heterocycles. The van der Waals surface area contributed by atoms with Crippen molar-refractivity contribution in [3.05, 3.63) is 0 Å². The van der Waals surface area contributed by atoms with Gasteiger partial charge in [0.05, 0.1) is 6.04 Å². The normalized spacial score (nSPS) is 36.7. The molecule has 3 atom stereocenters. The largest absolute Gasteiger partial charge is 0.329 e. The number of piperidine rings is 1. The minimum atomic E-state index is 0.0806. The van der Waals surface area contributed by atoms with Crippen molar-refractivity contribution in [1.29, 1.82) is 0 Å². The first kappa shape index (κ1) is 11.9. The molecular weight excluding hydrogens is 198 g/mol. The highest BCUT2D eigenvalue weighted by Crippen LogP contribution is 2.32. The van der Waals surface area contributed by atoms with E-state index in [4.69, 9.17) is 12.2 Å². The van der Waals surface area contributed by atoms with E-state index in [1.165, 1.54) is 25.9 Å². The minimum Gasteiger partial charge on any atom is -0.329 e. The van der Waals surface area contributed by atoms with Crippen molar-refractivity contribution >= 4 is 0 Å². The molecule has 2 fully saturated rings. The van der Waals surface area contributed by atoms with Gasteiger partial charge in [-0.15, -0.1) is 6.42 Å². The first-order valence-electron chi connectivity index (χ1n) is 6.37. The second-order valence-corrected chi connectivity index (χ2v) is 5.30. The number of fused-ring (bicyclic) bond motifs is 1. The molecule has 0 amide bonds. The van der Waals surface area contributed by atoms with Crippen LogP contribution in [0.4, 0.5) is 0 Å². The third kappa shape index (κ3) is 2.24. The van der Waals surface area contributed by atoms with Crippen molar-refractivity contribution in [2.45, 2.75) is 50.2 Å². The predicted octanol–water partition coefficient (Wildman–Crippen LogP) is 0.553. The van der Waals surface area contributed by atoms with E-state index < -0.39 is 0 Å². The van der Waals surface area contributed by atoms with Crippen LogP contribution in [0.1, 0.15) is 32.6 Å². The molecule has 0 saturated carbocycles. The Bertz CT molecular complexity index is 283. The molecule has 3 nitrogen and oxygen atoms in total. The zero-order valence-corrected chi connectivity index (χ0v) is 10.2. The Balaban J connectivity index is 2.02. The second kappa shape index (κ2) is 4.75. The number of hydrogen-bond acceptors (Lipinski definition) is 3. The maximum atomic E-state index is 5.97. The van der Waals surface area contributed by atoms with Crippen molar-refractivity contribution in [3.8, 4) is 12.3 Å². The molecule has 2 aliphatic rings. The Morgan fingerprint density at radius 3 is 3.12 bits per heavy atom. The van der Waals surface area contributed by atoms with Crippen molar-refractivity contribution < 1.29 is 0 Å². The number of nitrogens with two attached hydrogens (primary N) is 1. The fraction of sp³-hybridized carbons (Fsp3) is 0.846. The summed E-state index contributed by atoms with van der Waals surface area (Å²) in [6.07, 6.45) is 10.4. The van der Waals surface area contributed by atoms with Gasteiger partial charge in [0.15, 0.2) is 0 Å². The lowest BCUT2D eigenvalue weighted by Gasteiger charge is -2.45. The standard InChI is InChI=1S/C13H23N3/c1-3-11(2)15-13(10-14)6-8-16-7-4-5-12(16)9-13/h1,11-12,15H,4-10,14H2,2H3. The van der Waals surface area contributed by atoms with Crippen LogP contribution < -0.4 is 11.1 Å². The lowest BCUT2D eigenvalue weighted by Crippen LogP contribution is -2.61. The van der Waals surface area contributed by atoms with Gasteiger partial charge in [-0.25, -0.2) is 0 Å². The van der Waals surface area contributed by atoms with Gasteiger partial charge in [0, 0.05) is 24.7 Å². The molecule has 0 spiro atoms. The smallest absolute Gasteiger partial charge is 0.0663 e. The molecule has 2 rings (SSSR count). The molecule has 16 heavy (non-hydrogen) atoms. The third-order valence-corrected chi connectivity index (χ3v) is 4.17. The Kier molecular flexibility index (Phi) is 3.53. The van der Waals surface area contributed by atoms with Crippen LogP contribution in [0.25, 0.3) is 0 Å². The summed E-state index contributed by atoms with van der Waals surface area (Å²) in [5.41, 5.74) is 6.06. The van der Waals surface area contributed by atoms with E-state index in [2.05, 4.69) is 16.1 Å². The first-order valence-corrected chi connectivity index (χ1v) is 6.37. The maximum Gasteiger partial charge on any atom is 0.0663 e. The van der Waals surface area contributed by atoms with E-state index in [1.807, 2.05) is 6.92 Å². The molecular formula is C13H23N3. The SMILES string of the molecule is C#CC(C)NC1(CN)CCN2CCCC2C1. The van der Waals surface area contributed by atoms with E-state index in [0.29, 0.717) is 6.54 Å². The van der Waals surface area contributed by atoms with Crippen LogP contribution in [0.15, 0.2) is 0 Å². The number of terminal acetylenes is 1. The number of nitrogens with zero attached hydrogens (tertiary/aromatic N) is 1. The molecule has 0 aliphatic carbocycles. The molecule has 0 aromatic rings. The summed E-state index contributed by atoms with van der Waals surface area (Å²) in [4.78, 5) is 2.61. The van der Waals surface area contributed by atoms with Crippen LogP contribution in [-0.4, -0.2) is 42.2 Å². The minimum absolute atomic E-state index is 0.0806. The fourth-order valence-electron chi connectivity index (χ4n) is 3.21. The van der Waals surface area contributed by atoms with Crippen LogP contribution >= 0.6 is 0 Å². The molecule has 3 unspecified atom stereocenters. The Labute approximate surface area is 98.8 Å². The summed E-state index contributed by atoms with van der Waals surface area (Å²) in [7, 11) is 0. The van der Waals surface area contributed by atoms with Crippen LogP contribution in [0.5, 0.6) is 0 Å². The number of hydrogen-bond donors (Lipinski definition) is 2. The lowest BCUT2D eigenvalue weighted by atomic mass is 9.82. The van der Waals surface area contributed by atoms with Crippen molar-refractivity contribution in [1.82, 2.24) is 10.2 Å².